The zero-order valence-electron chi connectivity index (χ0n) is 10.4. The number of carbonyl (C=O) groups is 1. The molecule has 17 heavy (non-hydrogen) atoms. The van der Waals surface area contributed by atoms with Crippen LogP contribution in [0, 0.1) is 0 Å². The van der Waals surface area contributed by atoms with Gasteiger partial charge in [0.15, 0.2) is 0 Å². The van der Waals surface area contributed by atoms with Crippen molar-refractivity contribution < 1.29 is 9.90 Å². The highest BCUT2D eigenvalue weighted by Gasteiger charge is 2.29. The van der Waals surface area contributed by atoms with Crippen molar-refractivity contribution in [3.63, 3.8) is 0 Å². The lowest BCUT2D eigenvalue weighted by molar-refractivity contribution is -0.126. The van der Waals surface area contributed by atoms with Gasteiger partial charge in [-0.05, 0) is 18.9 Å². The van der Waals surface area contributed by atoms with Crippen LogP contribution >= 0.6 is 0 Å². The second kappa shape index (κ2) is 5.68. The van der Waals surface area contributed by atoms with Crippen LogP contribution in [-0.2, 0) is 11.3 Å². The first-order chi connectivity index (χ1) is 8.03. The van der Waals surface area contributed by atoms with Crippen LogP contribution in [0.4, 0.5) is 0 Å². The van der Waals surface area contributed by atoms with Gasteiger partial charge in [-0.1, -0.05) is 32.0 Å². The molecule has 4 heteroatoms. The van der Waals surface area contributed by atoms with E-state index < -0.39 is 5.54 Å². The first kappa shape index (κ1) is 13.5. The molecule has 0 heterocycles. The smallest absolute Gasteiger partial charge is 0.240 e. The van der Waals surface area contributed by atoms with Gasteiger partial charge in [-0.2, -0.15) is 0 Å². The predicted molar refractivity (Wildman–Crippen MR) is 67.5 cm³/mol. The monoisotopic (exact) mass is 236 g/mol. The van der Waals surface area contributed by atoms with E-state index in [1.807, 2.05) is 19.9 Å². The Kier molecular flexibility index (Phi) is 4.52. The summed E-state index contributed by atoms with van der Waals surface area (Å²) in [4.78, 5) is 11.9. The summed E-state index contributed by atoms with van der Waals surface area (Å²) < 4.78 is 0. The molecule has 0 aliphatic carbocycles. The topological polar surface area (TPSA) is 75.4 Å². The molecule has 0 spiro atoms. The van der Waals surface area contributed by atoms with E-state index in [0.717, 1.165) is 0 Å². The largest absolute Gasteiger partial charge is 0.508 e. The summed E-state index contributed by atoms with van der Waals surface area (Å²) in [5, 5.41) is 12.3. The van der Waals surface area contributed by atoms with Crippen LogP contribution in [-0.4, -0.2) is 16.6 Å². The number of amides is 1. The molecule has 0 aliphatic heterocycles. The van der Waals surface area contributed by atoms with Gasteiger partial charge in [-0.15, -0.1) is 0 Å². The molecule has 94 valence electrons. The molecular formula is C13H20N2O2. The van der Waals surface area contributed by atoms with Crippen molar-refractivity contribution in [2.24, 2.45) is 5.73 Å². The minimum Gasteiger partial charge on any atom is -0.508 e. The van der Waals surface area contributed by atoms with Crippen LogP contribution in [0.25, 0.3) is 0 Å². The number of benzene rings is 1. The molecular weight excluding hydrogens is 216 g/mol. The lowest BCUT2D eigenvalue weighted by Gasteiger charge is -2.25. The molecule has 1 aromatic rings. The van der Waals surface area contributed by atoms with Gasteiger partial charge < -0.3 is 16.2 Å². The Bertz CT molecular complexity index is 387. The third-order valence-corrected chi connectivity index (χ3v) is 3.15. The van der Waals surface area contributed by atoms with E-state index in [1.165, 1.54) is 0 Å². The van der Waals surface area contributed by atoms with Gasteiger partial charge in [-0.25, -0.2) is 0 Å². The maximum atomic E-state index is 11.9. The summed E-state index contributed by atoms with van der Waals surface area (Å²) in [5.74, 6) is 0.00849. The van der Waals surface area contributed by atoms with Gasteiger partial charge in [0.05, 0.1) is 5.54 Å². The van der Waals surface area contributed by atoms with Gasteiger partial charge in [-0.3, -0.25) is 4.79 Å². The van der Waals surface area contributed by atoms with Gasteiger partial charge in [0.1, 0.15) is 5.75 Å². The standard InChI is InChI=1S/C13H20N2O2/c1-3-13(14,4-2)12(17)15-9-10-7-5-6-8-11(10)16/h5-8,16H,3-4,9,14H2,1-2H3,(H,15,17). The number of phenols is 1. The van der Waals surface area contributed by atoms with Crippen molar-refractivity contribution in [1.29, 1.82) is 0 Å². The van der Waals surface area contributed by atoms with Crippen molar-refractivity contribution >= 4 is 5.91 Å². The van der Waals surface area contributed by atoms with E-state index in [0.29, 0.717) is 24.9 Å². The average molecular weight is 236 g/mol. The number of phenolic OH excluding ortho intramolecular Hbond substituents is 1. The van der Waals surface area contributed by atoms with Crippen LogP contribution in [0.15, 0.2) is 24.3 Å². The predicted octanol–water partition coefficient (Wildman–Crippen LogP) is 1.53. The van der Waals surface area contributed by atoms with Gasteiger partial charge in [0, 0.05) is 12.1 Å². The molecule has 0 atom stereocenters. The van der Waals surface area contributed by atoms with Crippen LogP contribution in [0.3, 0.4) is 0 Å². The zero-order chi connectivity index (χ0) is 12.9. The third kappa shape index (κ3) is 3.20. The number of nitrogens with two attached hydrogens (primary N) is 1. The van der Waals surface area contributed by atoms with Crippen LogP contribution < -0.4 is 11.1 Å². The fourth-order valence-electron chi connectivity index (χ4n) is 1.58. The maximum absolute atomic E-state index is 11.9. The molecule has 0 fully saturated rings. The summed E-state index contributed by atoms with van der Waals surface area (Å²) in [6.45, 7) is 4.08. The third-order valence-electron chi connectivity index (χ3n) is 3.15. The number of hydrogen-bond acceptors (Lipinski definition) is 3. The molecule has 1 amide bonds. The summed E-state index contributed by atoms with van der Waals surface area (Å²) in [5.41, 5.74) is 5.84. The quantitative estimate of drug-likeness (QED) is 0.725. The number of hydrogen-bond donors (Lipinski definition) is 3. The SMILES string of the molecule is CCC(N)(CC)C(=O)NCc1ccccc1O. The molecule has 0 saturated heterocycles. The second-order valence-corrected chi connectivity index (χ2v) is 4.17. The molecule has 0 unspecified atom stereocenters. The van der Waals surface area contributed by atoms with Gasteiger partial charge >= 0.3 is 0 Å². The first-order valence-corrected chi connectivity index (χ1v) is 5.87. The Balaban J connectivity index is 2.63. The molecule has 0 aromatic heterocycles. The number of rotatable bonds is 5. The maximum Gasteiger partial charge on any atom is 0.240 e. The van der Waals surface area contributed by atoms with E-state index in [1.54, 1.807) is 18.2 Å². The Labute approximate surface area is 102 Å². The van der Waals surface area contributed by atoms with E-state index >= 15 is 0 Å². The number of carbonyl (C=O) groups excluding carboxylic acids is 1. The van der Waals surface area contributed by atoms with Gasteiger partial charge in [0.2, 0.25) is 5.91 Å². The molecule has 0 aliphatic rings. The minimum atomic E-state index is -0.815. The van der Waals surface area contributed by atoms with Crippen LogP contribution in [0.5, 0.6) is 5.75 Å². The lowest BCUT2D eigenvalue weighted by Crippen LogP contribution is -2.52. The number of para-hydroxylation sites is 1. The van der Waals surface area contributed by atoms with Crippen molar-refractivity contribution in [2.75, 3.05) is 0 Å². The Morgan fingerprint density at radius 1 is 1.35 bits per heavy atom. The van der Waals surface area contributed by atoms with Crippen molar-refractivity contribution in [2.45, 2.75) is 38.8 Å². The average Bonchev–Trinajstić information content (AvgIpc) is 2.36. The Morgan fingerprint density at radius 3 is 2.47 bits per heavy atom. The molecule has 4 N–H and O–H groups in total. The summed E-state index contributed by atoms with van der Waals surface area (Å²) in [6, 6.07) is 6.92. The van der Waals surface area contributed by atoms with Crippen LogP contribution in [0.1, 0.15) is 32.3 Å². The zero-order valence-corrected chi connectivity index (χ0v) is 10.4. The number of aromatic hydroxyl groups is 1. The molecule has 0 bridgehead atoms. The Hall–Kier alpha value is -1.55. The molecule has 1 aromatic carbocycles. The van der Waals surface area contributed by atoms with E-state index in [9.17, 15) is 9.90 Å². The van der Waals surface area contributed by atoms with E-state index in [2.05, 4.69) is 5.32 Å². The number of nitrogens with one attached hydrogen (secondary N) is 1. The molecule has 0 radical (unpaired) electrons. The van der Waals surface area contributed by atoms with Crippen LogP contribution in [0.2, 0.25) is 0 Å². The fourth-order valence-corrected chi connectivity index (χ4v) is 1.58. The van der Waals surface area contributed by atoms with E-state index in [4.69, 9.17) is 5.73 Å². The van der Waals surface area contributed by atoms with Crippen molar-refractivity contribution in [1.82, 2.24) is 5.32 Å². The second-order valence-electron chi connectivity index (χ2n) is 4.17. The molecule has 4 nitrogen and oxygen atoms in total. The minimum absolute atomic E-state index is 0.175. The van der Waals surface area contributed by atoms with E-state index in [-0.39, 0.29) is 11.7 Å². The van der Waals surface area contributed by atoms with Crippen molar-refractivity contribution in [3.05, 3.63) is 29.8 Å². The van der Waals surface area contributed by atoms with Crippen molar-refractivity contribution in [3.8, 4) is 5.75 Å². The van der Waals surface area contributed by atoms with Gasteiger partial charge in [0.25, 0.3) is 0 Å². The highest BCUT2D eigenvalue weighted by atomic mass is 16.3. The Morgan fingerprint density at radius 2 is 1.94 bits per heavy atom. The lowest BCUT2D eigenvalue weighted by atomic mass is 9.93. The summed E-state index contributed by atoms with van der Waals surface area (Å²) in [7, 11) is 0. The highest BCUT2D eigenvalue weighted by molar-refractivity contribution is 5.85. The molecule has 0 saturated carbocycles. The molecule has 1 rings (SSSR count). The summed E-state index contributed by atoms with van der Waals surface area (Å²) >= 11 is 0. The first-order valence-electron chi connectivity index (χ1n) is 5.87. The fraction of sp³-hybridized carbons (Fsp3) is 0.462. The normalized spacial score (nSPS) is 11.2. The summed E-state index contributed by atoms with van der Waals surface area (Å²) in [6.07, 6.45) is 1.19. The highest BCUT2D eigenvalue weighted by Crippen LogP contribution is 2.16.